The molecule has 1 fully saturated rings. The van der Waals surface area contributed by atoms with Crippen molar-refractivity contribution >= 4 is 17.1 Å². The van der Waals surface area contributed by atoms with Crippen LogP contribution in [0.25, 0.3) is 5.57 Å². The Bertz CT molecular complexity index is 893. The number of allylic oxidation sites excluding steroid dienone is 1. The Balaban J connectivity index is 1.92. The maximum absolute atomic E-state index is 9.33. The Kier molecular flexibility index (Phi) is 4.11. The van der Waals surface area contributed by atoms with Gasteiger partial charge in [0.1, 0.15) is 5.84 Å². The first-order chi connectivity index (χ1) is 12.3. The van der Waals surface area contributed by atoms with Crippen LogP contribution in [0.5, 0.6) is 0 Å². The number of para-hydroxylation sites is 1. The smallest absolute Gasteiger partial charge is 0.137 e. The fourth-order valence-corrected chi connectivity index (χ4v) is 3.71. The van der Waals surface area contributed by atoms with Crippen molar-refractivity contribution in [1.29, 1.82) is 5.26 Å². The summed E-state index contributed by atoms with van der Waals surface area (Å²) in [4.78, 5) is 7.46. The molecule has 0 amide bonds. The number of benzene rings is 2. The van der Waals surface area contributed by atoms with Gasteiger partial charge in [-0.05, 0) is 30.4 Å². The average molecular weight is 327 g/mol. The Labute approximate surface area is 148 Å². The molecule has 2 aliphatic rings. The van der Waals surface area contributed by atoms with Crippen LogP contribution in [0, 0.1) is 17.2 Å². The molecule has 0 saturated carbocycles. The maximum atomic E-state index is 9.33. The highest BCUT2D eigenvalue weighted by Crippen LogP contribution is 2.37. The predicted molar refractivity (Wildman–Crippen MR) is 102 cm³/mol. The Morgan fingerprint density at radius 3 is 2.36 bits per heavy atom. The summed E-state index contributed by atoms with van der Waals surface area (Å²) in [6, 6.07) is 18.7. The van der Waals surface area contributed by atoms with Gasteiger partial charge in [0.15, 0.2) is 0 Å². The normalized spacial score (nSPS) is 18.8. The van der Waals surface area contributed by atoms with Crippen molar-refractivity contribution in [1.82, 2.24) is 4.90 Å². The molecule has 2 heterocycles. The minimum absolute atomic E-state index is 0.777. The van der Waals surface area contributed by atoms with Crippen LogP contribution >= 0.6 is 0 Å². The molecule has 3 nitrogen and oxygen atoms in total. The van der Waals surface area contributed by atoms with Crippen LogP contribution in [0.4, 0.5) is 5.69 Å². The average Bonchev–Trinajstić information content (AvgIpc) is 2.79. The van der Waals surface area contributed by atoms with Crippen molar-refractivity contribution in [2.75, 3.05) is 13.1 Å². The summed E-state index contributed by atoms with van der Waals surface area (Å²) in [7, 11) is 0. The summed E-state index contributed by atoms with van der Waals surface area (Å²) < 4.78 is 0. The van der Waals surface area contributed by atoms with Crippen molar-refractivity contribution in [3.63, 3.8) is 0 Å². The molecule has 1 saturated heterocycles. The van der Waals surface area contributed by atoms with E-state index in [1.165, 1.54) is 12.8 Å². The number of rotatable bonds is 0. The number of nitriles is 1. The number of nitrogens with zero attached hydrogens (tertiary/aromatic N) is 3. The zero-order chi connectivity index (χ0) is 17.2. The molecule has 0 unspecified atom stereocenters. The third-order valence-electron chi connectivity index (χ3n) is 5.17. The molecule has 4 rings (SSSR count). The summed E-state index contributed by atoms with van der Waals surface area (Å²) in [5, 5.41) is 9.33. The zero-order valence-electron chi connectivity index (χ0n) is 14.4. The van der Waals surface area contributed by atoms with Crippen LogP contribution in [0.1, 0.15) is 36.5 Å². The minimum Gasteiger partial charge on any atom is -0.356 e. The first-order valence-electron chi connectivity index (χ1n) is 8.90. The first-order valence-corrected chi connectivity index (χ1v) is 8.90. The number of piperidine rings is 1. The number of amidine groups is 1. The van der Waals surface area contributed by atoms with E-state index in [9.17, 15) is 5.26 Å². The van der Waals surface area contributed by atoms with Gasteiger partial charge in [-0.25, -0.2) is 4.99 Å². The van der Waals surface area contributed by atoms with Crippen molar-refractivity contribution in [2.45, 2.75) is 19.8 Å². The van der Waals surface area contributed by atoms with Crippen molar-refractivity contribution in [3.8, 4) is 6.07 Å². The standard InChI is InChI=1S/C22H21N3/c1-16-11-14-25(15-12-16)22-20-8-3-2-6-17(20)18(10-13-23)19-7-4-5-9-21(19)24-22/h2-10,16H,11-12,14-15H2,1H3/b18-10+. The highest BCUT2D eigenvalue weighted by atomic mass is 15.2. The van der Waals surface area contributed by atoms with E-state index in [4.69, 9.17) is 4.99 Å². The minimum atomic E-state index is 0.777. The molecule has 0 radical (unpaired) electrons. The van der Waals surface area contributed by atoms with Crippen LogP contribution in [0.15, 0.2) is 59.6 Å². The lowest BCUT2D eigenvalue weighted by atomic mass is 9.92. The highest BCUT2D eigenvalue weighted by molar-refractivity contribution is 6.08. The van der Waals surface area contributed by atoms with Crippen molar-refractivity contribution < 1.29 is 0 Å². The van der Waals surface area contributed by atoms with Gasteiger partial charge in [-0.15, -0.1) is 0 Å². The summed E-state index contributed by atoms with van der Waals surface area (Å²) >= 11 is 0. The molecule has 0 aliphatic carbocycles. The van der Waals surface area contributed by atoms with E-state index in [1.807, 2.05) is 24.3 Å². The van der Waals surface area contributed by atoms with E-state index in [1.54, 1.807) is 6.08 Å². The Morgan fingerprint density at radius 1 is 1.00 bits per heavy atom. The molecule has 2 aromatic rings. The maximum Gasteiger partial charge on any atom is 0.137 e. The second kappa shape index (κ2) is 6.57. The van der Waals surface area contributed by atoms with Gasteiger partial charge in [0, 0.05) is 35.9 Å². The van der Waals surface area contributed by atoms with Crippen LogP contribution < -0.4 is 0 Å². The van der Waals surface area contributed by atoms with Crippen molar-refractivity contribution in [2.24, 2.45) is 10.9 Å². The number of aliphatic imine (C=N–C) groups is 1. The van der Waals surface area contributed by atoms with Gasteiger partial charge in [-0.3, -0.25) is 0 Å². The van der Waals surface area contributed by atoms with E-state index in [-0.39, 0.29) is 0 Å². The molecule has 3 heteroatoms. The molecule has 2 aromatic carbocycles. The van der Waals surface area contributed by atoms with E-state index in [0.29, 0.717) is 0 Å². The lowest BCUT2D eigenvalue weighted by Gasteiger charge is -2.33. The van der Waals surface area contributed by atoms with Gasteiger partial charge in [-0.1, -0.05) is 49.4 Å². The Morgan fingerprint density at radius 2 is 1.64 bits per heavy atom. The van der Waals surface area contributed by atoms with E-state index in [0.717, 1.165) is 52.8 Å². The monoisotopic (exact) mass is 327 g/mol. The topological polar surface area (TPSA) is 39.4 Å². The molecule has 0 atom stereocenters. The fraction of sp³-hybridized carbons (Fsp3) is 0.273. The lowest BCUT2D eigenvalue weighted by Crippen LogP contribution is -2.38. The summed E-state index contributed by atoms with van der Waals surface area (Å²) in [5.74, 6) is 1.82. The number of hydrogen-bond donors (Lipinski definition) is 0. The number of likely N-dealkylation sites (tertiary alicyclic amines) is 1. The lowest BCUT2D eigenvalue weighted by molar-refractivity contribution is 0.281. The number of hydrogen-bond acceptors (Lipinski definition) is 3. The van der Waals surface area contributed by atoms with Gasteiger partial charge in [0.05, 0.1) is 11.8 Å². The van der Waals surface area contributed by atoms with Gasteiger partial charge >= 0.3 is 0 Å². The third kappa shape index (κ3) is 2.85. The van der Waals surface area contributed by atoms with Crippen molar-refractivity contribution in [3.05, 3.63) is 71.3 Å². The molecular weight excluding hydrogens is 306 g/mol. The van der Waals surface area contributed by atoms with E-state index >= 15 is 0 Å². The van der Waals surface area contributed by atoms with Gasteiger partial charge in [-0.2, -0.15) is 5.26 Å². The molecule has 0 aromatic heterocycles. The van der Waals surface area contributed by atoms with Crippen LogP contribution in [0.3, 0.4) is 0 Å². The van der Waals surface area contributed by atoms with Gasteiger partial charge < -0.3 is 4.90 Å². The first kappa shape index (κ1) is 15.7. The third-order valence-corrected chi connectivity index (χ3v) is 5.17. The predicted octanol–water partition coefficient (Wildman–Crippen LogP) is 4.77. The molecular formula is C22H21N3. The van der Waals surface area contributed by atoms with Crippen LogP contribution in [-0.4, -0.2) is 23.8 Å². The SMILES string of the molecule is CC1CCN(C2=Nc3ccccc3/C(=C/C#N)c3ccccc32)CC1. The Hall–Kier alpha value is -2.86. The summed E-state index contributed by atoms with van der Waals surface area (Å²) in [6.07, 6.45) is 4.04. The molecule has 25 heavy (non-hydrogen) atoms. The molecule has 0 N–H and O–H groups in total. The summed E-state index contributed by atoms with van der Waals surface area (Å²) in [6.45, 7) is 4.39. The fourth-order valence-electron chi connectivity index (χ4n) is 3.71. The zero-order valence-corrected chi connectivity index (χ0v) is 14.4. The quantitative estimate of drug-likeness (QED) is 0.654. The second-order valence-corrected chi connectivity index (χ2v) is 6.85. The van der Waals surface area contributed by atoms with E-state index < -0.39 is 0 Å². The highest BCUT2D eigenvalue weighted by Gasteiger charge is 2.26. The molecule has 2 aliphatic heterocycles. The molecule has 124 valence electrons. The van der Waals surface area contributed by atoms with Gasteiger partial charge in [0.2, 0.25) is 0 Å². The molecule has 0 bridgehead atoms. The largest absolute Gasteiger partial charge is 0.356 e. The number of fused-ring (bicyclic) bond motifs is 2. The molecule has 0 spiro atoms. The van der Waals surface area contributed by atoms with Gasteiger partial charge in [0.25, 0.3) is 0 Å². The van der Waals surface area contributed by atoms with Crippen LogP contribution in [-0.2, 0) is 0 Å². The second-order valence-electron chi connectivity index (χ2n) is 6.85. The van der Waals surface area contributed by atoms with Crippen LogP contribution in [0.2, 0.25) is 0 Å². The summed E-state index contributed by atoms with van der Waals surface area (Å²) in [5.41, 5.74) is 5.13. The van der Waals surface area contributed by atoms with E-state index in [2.05, 4.69) is 42.2 Å².